The van der Waals surface area contributed by atoms with E-state index in [1.165, 1.54) is 7.11 Å². The number of likely N-dealkylation sites (tertiary alicyclic amines) is 2. The number of carbonyl (C=O) groups excluding carboxylic acids is 3. The number of methoxy groups -OCH3 is 2. The number of fused-ring (bicyclic) bond motifs is 3. The molecule has 3 aliphatic rings. The Balaban J connectivity index is 1.39. The minimum Gasteiger partial charge on any atom is -0.497 e. The van der Waals surface area contributed by atoms with Gasteiger partial charge in [-0.3, -0.25) is 14.3 Å². The first-order chi connectivity index (χ1) is 22.7. The Morgan fingerprint density at radius 3 is 2.32 bits per heavy atom. The molecule has 10 nitrogen and oxygen atoms in total. The van der Waals surface area contributed by atoms with Crippen LogP contribution in [0.5, 0.6) is 5.75 Å². The predicted molar refractivity (Wildman–Crippen MR) is 175 cm³/mol. The summed E-state index contributed by atoms with van der Waals surface area (Å²) in [6.07, 6.45) is 2.85. The lowest BCUT2D eigenvalue weighted by Crippen LogP contribution is -2.58. The lowest BCUT2D eigenvalue weighted by Gasteiger charge is -2.40. The van der Waals surface area contributed by atoms with Crippen molar-refractivity contribution in [3.05, 3.63) is 106 Å². The second-order valence-electron chi connectivity index (χ2n) is 13.1. The van der Waals surface area contributed by atoms with E-state index in [4.69, 9.17) is 14.6 Å². The second kappa shape index (κ2) is 12.1. The van der Waals surface area contributed by atoms with Crippen molar-refractivity contribution < 1.29 is 23.9 Å². The molecule has 2 saturated heterocycles. The largest absolute Gasteiger partial charge is 0.497 e. The molecule has 0 bridgehead atoms. The molecule has 2 aromatic heterocycles. The van der Waals surface area contributed by atoms with Crippen molar-refractivity contribution in [2.45, 2.75) is 50.6 Å². The first-order valence-corrected chi connectivity index (χ1v) is 16.3. The molecule has 0 N–H and O–H groups in total. The third kappa shape index (κ3) is 5.10. The van der Waals surface area contributed by atoms with Gasteiger partial charge in [0.1, 0.15) is 11.4 Å². The van der Waals surface area contributed by atoms with Crippen LogP contribution in [0.2, 0.25) is 0 Å². The highest BCUT2D eigenvalue weighted by molar-refractivity contribution is 6.00. The zero-order chi connectivity index (χ0) is 32.9. The van der Waals surface area contributed by atoms with Gasteiger partial charge in [0.25, 0.3) is 11.8 Å². The standard InChI is InChI=1S/C37H41N5O5/c1-24-18-28(38-39(24)2)23-41-31-19-27-22-42(34(43)26-10-6-5-7-11-26)37(36(45)47-4,21-25-12-14-29(46-3)15-13-25)33(27)30(31)20-32(41)35(44)40-16-8-9-17-40/h5-7,10-15,18,20,27,33H,8-9,16-17,19,21-23H2,1-4H3/t27-,33+,37+/m0/s1. The van der Waals surface area contributed by atoms with Crippen LogP contribution in [0, 0.1) is 12.8 Å². The van der Waals surface area contributed by atoms with Gasteiger partial charge in [0.2, 0.25) is 0 Å². The number of nitrogens with zero attached hydrogens (tertiary/aromatic N) is 5. The van der Waals surface area contributed by atoms with Crippen LogP contribution in [0.4, 0.5) is 0 Å². The van der Waals surface area contributed by atoms with Gasteiger partial charge in [0, 0.05) is 56.0 Å². The molecule has 2 aliphatic heterocycles. The predicted octanol–water partition coefficient (Wildman–Crippen LogP) is 4.39. The summed E-state index contributed by atoms with van der Waals surface area (Å²) in [6.45, 7) is 4.30. The van der Waals surface area contributed by atoms with Crippen molar-refractivity contribution in [1.82, 2.24) is 24.1 Å². The van der Waals surface area contributed by atoms with Crippen LogP contribution in [0.15, 0.2) is 66.7 Å². The second-order valence-corrected chi connectivity index (χ2v) is 13.1. The minimum absolute atomic E-state index is 0.00450. The van der Waals surface area contributed by atoms with Gasteiger partial charge in [-0.1, -0.05) is 30.3 Å². The number of aromatic nitrogens is 3. The normalized spacial score (nSPS) is 21.5. The maximum absolute atomic E-state index is 14.4. The molecule has 4 aromatic rings. The summed E-state index contributed by atoms with van der Waals surface area (Å²) in [5, 5.41) is 4.72. The quantitative estimate of drug-likeness (QED) is 0.267. The molecule has 1 aliphatic carbocycles. The van der Waals surface area contributed by atoms with Crippen molar-refractivity contribution in [3.63, 3.8) is 0 Å². The zero-order valence-corrected chi connectivity index (χ0v) is 27.4. The van der Waals surface area contributed by atoms with Gasteiger partial charge >= 0.3 is 5.97 Å². The molecule has 3 atom stereocenters. The van der Waals surface area contributed by atoms with Crippen LogP contribution in [0.25, 0.3) is 0 Å². The highest BCUT2D eigenvalue weighted by atomic mass is 16.5. The van der Waals surface area contributed by atoms with Gasteiger partial charge in [-0.25, -0.2) is 4.79 Å². The summed E-state index contributed by atoms with van der Waals surface area (Å²) in [4.78, 5) is 46.5. The molecule has 10 heteroatoms. The summed E-state index contributed by atoms with van der Waals surface area (Å²) in [5.74, 6) is -0.391. The SMILES string of the molecule is COC(=O)[C@@]1(Cc2ccc(OC)cc2)[C@H]2c3cc(C(=O)N4CCCC4)n(Cc4cc(C)n(C)n4)c3C[C@H]2CN1C(=O)c1ccccc1. The molecule has 0 unspecified atom stereocenters. The highest BCUT2D eigenvalue weighted by Crippen LogP contribution is 2.55. The van der Waals surface area contributed by atoms with Crippen molar-refractivity contribution >= 4 is 17.8 Å². The molecular formula is C37H41N5O5. The van der Waals surface area contributed by atoms with Crippen LogP contribution < -0.4 is 4.74 Å². The third-order valence-electron chi connectivity index (χ3n) is 10.5. The van der Waals surface area contributed by atoms with E-state index in [-0.39, 0.29) is 30.1 Å². The van der Waals surface area contributed by atoms with Crippen LogP contribution in [0.3, 0.4) is 0 Å². The number of ether oxygens (including phenoxy) is 2. The molecular weight excluding hydrogens is 594 g/mol. The Morgan fingerprint density at radius 2 is 1.68 bits per heavy atom. The minimum atomic E-state index is -1.34. The van der Waals surface area contributed by atoms with Gasteiger partial charge in [0.05, 0.1) is 26.5 Å². The summed E-state index contributed by atoms with van der Waals surface area (Å²) in [7, 11) is 4.93. The number of esters is 1. The smallest absolute Gasteiger partial charge is 0.332 e. The number of rotatable bonds is 8. The van der Waals surface area contributed by atoms with E-state index in [1.807, 2.05) is 72.1 Å². The fourth-order valence-corrected chi connectivity index (χ4v) is 8.17. The Labute approximate surface area is 274 Å². The summed E-state index contributed by atoms with van der Waals surface area (Å²) < 4.78 is 15.0. The Morgan fingerprint density at radius 1 is 0.957 bits per heavy atom. The number of carbonyl (C=O) groups is 3. The van der Waals surface area contributed by atoms with Gasteiger partial charge in [0.15, 0.2) is 5.54 Å². The van der Waals surface area contributed by atoms with Crippen molar-refractivity contribution in [2.75, 3.05) is 33.9 Å². The van der Waals surface area contributed by atoms with E-state index in [9.17, 15) is 14.4 Å². The van der Waals surface area contributed by atoms with Crippen LogP contribution in [0.1, 0.15) is 67.8 Å². The lowest BCUT2D eigenvalue weighted by atomic mass is 9.75. The topological polar surface area (TPSA) is 98.9 Å². The van der Waals surface area contributed by atoms with Crippen LogP contribution in [-0.4, -0.2) is 81.3 Å². The fourth-order valence-electron chi connectivity index (χ4n) is 8.17. The van der Waals surface area contributed by atoms with Crippen molar-refractivity contribution in [3.8, 4) is 5.75 Å². The first-order valence-electron chi connectivity index (χ1n) is 16.3. The first kappa shape index (κ1) is 30.8. The average Bonchev–Trinajstić information content (AvgIpc) is 3.91. The summed E-state index contributed by atoms with van der Waals surface area (Å²) in [5.41, 5.74) is 4.54. The third-order valence-corrected chi connectivity index (χ3v) is 10.5. The zero-order valence-electron chi connectivity index (χ0n) is 27.4. The highest BCUT2D eigenvalue weighted by Gasteiger charge is 2.64. The van der Waals surface area contributed by atoms with E-state index < -0.39 is 11.5 Å². The van der Waals surface area contributed by atoms with Crippen molar-refractivity contribution in [2.24, 2.45) is 13.0 Å². The monoisotopic (exact) mass is 635 g/mol. The van der Waals surface area contributed by atoms with E-state index in [1.54, 1.807) is 24.1 Å². The number of aryl methyl sites for hydroxylation is 2. The van der Waals surface area contributed by atoms with E-state index in [0.29, 0.717) is 36.5 Å². The summed E-state index contributed by atoms with van der Waals surface area (Å²) >= 11 is 0. The van der Waals surface area contributed by atoms with E-state index in [2.05, 4.69) is 10.6 Å². The van der Waals surface area contributed by atoms with Crippen LogP contribution in [-0.2, 0) is 36.0 Å². The Bertz CT molecular complexity index is 1800. The summed E-state index contributed by atoms with van der Waals surface area (Å²) in [6, 6.07) is 20.8. The molecule has 244 valence electrons. The molecule has 0 spiro atoms. The molecule has 2 aromatic carbocycles. The molecule has 2 fully saturated rings. The lowest BCUT2D eigenvalue weighted by molar-refractivity contribution is -0.153. The number of benzene rings is 2. The number of hydrogen-bond donors (Lipinski definition) is 0. The number of amides is 2. The maximum atomic E-state index is 14.4. The Kier molecular flexibility index (Phi) is 7.90. The molecule has 0 saturated carbocycles. The Hall–Kier alpha value is -4.86. The maximum Gasteiger partial charge on any atom is 0.332 e. The molecule has 4 heterocycles. The fraction of sp³-hybridized carbons (Fsp3) is 0.405. The number of hydrogen-bond acceptors (Lipinski definition) is 6. The molecule has 7 rings (SSSR count). The van der Waals surface area contributed by atoms with Gasteiger partial charge in [-0.05, 0) is 79.6 Å². The van der Waals surface area contributed by atoms with Gasteiger partial charge in [-0.15, -0.1) is 0 Å². The van der Waals surface area contributed by atoms with Gasteiger partial charge < -0.3 is 23.8 Å². The molecule has 0 radical (unpaired) electrons. The molecule has 2 amide bonds. The van der Waals surface area contributed by atoms with Crippen LogP contribution >= 0.6 is 0 Å². The van der Waals surface area contributed by atoms with Gasteiger partial charge in [-0.2, -0.15) is 5.10 Å². The molecule has 47 heavy (non-hydrogen) atoms. The van der Waals surface area contributed by atoms with Crippen molar-refractivity contribution in [1.29, 1.82) is 0 Å². The van der Waals surface area contributed by atoms with E-state index >= 15 is 0 Å². The van der Waals surface area contributed by atoms with E-state index in [0.717, 1.165) is 54.1 Å². The average molecular weight is 636 g/mol.